The van der Waals surface area contributed by atoms with Crippen molar-refractivity contribution in [2.45, 2.75) is 13.5 Å². The van der Waals surface area contributed by atoms with E-state index < -0.39 is 0 Å². The van der Waals surface area contributed by atoms with Crippen molar-refractivity contribution in [3.05, 3.63) is 44.0 Å². The molecule has 0 atom stereocenters. The Bertz CT molecular complexity index is 534. The van der Waals surface area contributed by atoms with Crippen molar-refractivity contribution in [1.29, 1.82) is 0 Å². The fourth-order valence-corrected chi connectivity index (χ4v) is 2.10. The average Bonchev–Trinajstić information content (AvgIpc) is 2.59. The Morgan fingerprint density at radius 1 is 1.60 bits per heavy atom. The molecule has 0 bridgehead atoms. The minimum Gasteiger partial charge on any atom is -0.304 e. The van der Waals surface area contributed by atoms with Gasteiger partial charge in [-0.15, -0.1) is 11.3 Å². The molecule has 0 aliphatic heterocycles. The quantitative estimate of drug-likeness (QED) is 0.804. The largest absolute Gasteiger partial charge is 0.304 e. The molecule has 0 amide bonds. The number of hydrogen-bond donors (Lipinski definition) is 0. The summed E-state index contributed by atoms with van der Waals surface area (Å²) < 4.78 is 1.49. The maximum Gasteiger partial charge on any atom is 0.288 e. The Hall–Kier alpha value is -1.20. The summed E-state index contributed by atoms with van der Waals surface area (Å²) in [5, 5.41) is 2.83. The van der Waals surface area contributed by atoms with Crippen LogP contribution < -0.4 is 5.56 Å². The Morgan fingerprint density at radius 3 is 3.07 bits per heavy atom. The van der Waals surface area contributed by atoms with Crippen LogP contribution in [-0.4, -0.2) is 14.5 Å². The van der Waals surface area contributed by atoms with Gasteiger partial charge in [0.25, 0.3) is 5.56 Å². The van der Waals surface area contributed by atoms with Crippen molar-refractivity contribution in [3.63, 3.8) is 0 Å². The van der Waals surface area contributed by atoms with Crippen molar-refractivity contribution in [1.82, 2.24) is 14.5 Å². The van der Waals surface area contributed by atoms with Gasteiger partial charge in [0.15, 0.2) is 5.15 Å². The van der Waals surface area contributed by atoms with Crippen LogP contribution in [0.3, 0.4) is 0 Å². The Morgan fingerprint density at radius 2 is 2.40 bits per heavy atom. The van der Waals surface area contributed by atoms with E-state index in [0.717, 1.165) is 10.7 Å². The first-order chi connectivity index (χ1) is 7.16. The number of aromatic nitrogens is 3. The Labute approximate surface area is 95.2 Å². The fourth-order valence-electron chi connectivity index (χ4n) is 1.17. The molecule has 0 radical (unpaired) electrons. The second-order valence-electron chi connectivity index (χ2n) is 3.03. The van der Waals surface area contributed by atoms with Gasteiger partial charge in [-0.3, -0.25) is 4.79 Å². The predicted octanol–water partition coefficient (Wildman–Crippen LogP) is 1.71. The van der Waals surface area contributed by atoms with E-state index in [1.54, 1.807) is 6.20 Å². The lowest BCUT2D eigenvalue weighted by Gasteiger charge is -2.01. The molecule has 2 aromatic heterocycles. The molecule has 2 aromatic rings. The summed E-state index contributed by atoms with van der Waals surface area (Å²) in [6, 6.07) is 0. The zero-order chi connectivity index (χ0) is 10.8. The van der Waals surface area contributed by atoms with E-state index in [1.165, 1.54) is 22.1 Å². The molecule has 0 aliphatic carbocycles. The van der Waals surface area contributed by atoms with Crippen LogP contribution in [0.5, 0.6) is 0 Å². The number of aryl methyl sites for hydroxylation is 1. The van der Waals surface area contributed by atoms with Crippen LogP contribution in [0.15, 0.2) is 22.6 Å². The van der Waals surface area contributed by atoms with Gasteiger partial charge in [-0.2, -0.15) is 0 Å². The van der Waals surface area contributed by atoms with Crippen molar-refractivity contribution in [3.8, 4) is 0 Å². The monoisotopic (exact) mass is 241 g/mol. The summed E-state index contributed by atoms with van der Waals surface area (Å²) in [5.74, 6) is 0. The second kappa shape index (κ2) is 4.12. The number of rotatable bonds is 2. The summed E-state index contributed by atoms with van der Waals surface area (Å²) in [6.45, 7) is 2.36. The third-order valence-corrected chi connectivity index (χ3v) is 3.05. The lowest BCUT2D eigenvalue weighted by Crippen LogP contribution is -2.21. The van der Waals surface area contributed by atoms with Gasteiger partial charge in [-0.25, -0.2) is 9.97 Å². The maximum absolute atomic E-state index is 11.5. The molecule has 78 valence electrons. The molecular formula is C9H8ClN3OS. The van der Waals surface area contributed by atoms with Crippen LogP contribution in [0.2, 0.25) is 5.15 Å². The number of nitrogens with zero attached hydrogens (tertiary/aromatic N) is 3. The molecule has 4 nitrogen and oxygen atoms in total. The zero-order valence-electron chi connectivity index (χ0n) is 7.98. The van der Waals surface area contributed by atoms with E-state index in [9.17, 15) is 4.79 Å². The summed E-state index contributed by atoms with van der Waals surface area (Å²) in [7, 11) is 0. The van der Waals surface area contributed by atoms with Gasteiger partial charge in [0.2, 0.25) is 0 Å². The third kappa shape index (κ3) is 2.24. The molecule has 0 aliphatic rings. The van der Waals surface area contributed by atoms with Crippen LogP contribution in [0.1, 0.15) is 10.7 Å². The van der Waals surface area contributed by atoms with Crippen LogP contribution in [-0.2, 0) is 6.54 Å². The van der Waals surface area contributed by atoms with Gasteiger partial charge in [-0.1, -0.05) is 11.6 Å². The van der Waals surface area contributed by atoms with Gasteiger partial charge in [0, 0.05) is 23.5 Å². The Kier molecular flexibility index (Phi) is 2.83. The van der Waals surface area contributed by atoms with E-state index in [1.807, 2.05) is 12.3 Å². The first-order valence-corrected chi connectivity index (χ1v) is 5.54. The summed E-state index contributed by atoms with van der Waals surface area (Å²) in [6.07, 6.45) is 3.11. The lowest BCUT2D eigenvalue weighted by atomic mass is 10.5. The van der Waals surface area contributed by atoms with Gasteiger partial charge in [0.1, 0.15) is 5.01 Å². The van der Waals surface area contributed by atoms with Gasteiger partial charge in [0.05, 0.1) is 6.54 Å². The fraction of sp³-hybridized carbons (Fsp3) is 0.222. The molecule has 0 spiro atoms. The van der Waals surface area contributed by atoms with Crippen LogP contribution in [0.4, 0.5) is 0 Å². The highest BCUT2D eigenvalue weighted by atomic mass is 35.5. The molecule has 6 heteroatoms. The average molecular weight is 242 g/mol. The highest BCUT2D eigenvalue weighted by molar-refractivity contribution is 7.09. The van der Waals surface area contributed by atoms with Crippen molar-refractivity contribution in [2.24, 2.45) is 0 Å². The number of thiazole rings is 1. The molecule has 2 heterocycles. The Balaban J connectivity index is 2.32. The molecule has 2 rings (SSSR count). The lowest BCUT2D eigenvalue weighted by molar-refractivity contribution is 0.742. The van der Waals surface area contributed by atoms with E-state index >= 15 is 0 Å². The van der Waals surface area contributed by atoms with Crippen molar-refractivity contribution < 1.29 is 0 Å². The smallest absolute Gasteiger partial charge is 0.288 e. The van der Waals surface area contributed by atoms with Crippen LogP contribution >= 0.6 is 22.9 Å². The highest BCUT2D eigenvalue weighted by Gasteiger charge is 2.04. The SMILES string of the molecule is Cc1csc(Cn2ccnc(Cl)c2=O)n1. The zero-order valence-corrected chi connectivity index (χ0v) is 9.55. The van der Waals surface area contributed by atoms with Crippen LogP contribution in [0, 0.1) is 6.92 Å². The molecule has 0 fully saturated rings. The predicted molar refractivity (Wildman–Crippen MR) is 59.5 cm³/mol. The highest BCUT2D eigenvalue weighted by Crippen LogP contribution is 2.09. The van der Waals surface area contributed by atoms with Crippen molar-refractivity contribution >= 4 is 22.9 Å². The molecule has 0 N–H and O–H groups in total. The first-order valence-electron chi connectivity index (χ1n) is 4.29. The topological polar surface area (TPSA) is 47.8 Å². The molecular weight excluding hydrogens is 234 g/mol. The summed E-state index contributed by atoms with van der Waals surface area (Å²) in [5.41, 5.74) is 0.676. The minimum absolute atomic E-state index is 0.00854. The van der Waals surface area contributed by atoms with Crippen LogP contribution in [0.25, 0.3) is 0 Å². The third-order valence-electron chi connectivity index (χ3n) is 1.84. The number of halogens is 1. The van der Waals surface area contributed by atoms with Crippen molar-refractivity contribution in [2.75, 3.05) is 0 Å². The molecule has 0 unspecified atom stereocenters. The molecule has 0 saturated carbocycles. The first kappa shape index (κ1) is 10.3. The maximum atomic E-state index is 11.5. The minimum atomic E-state index is -0.285. The van der Waals surface area contributed by atoms with E-state index in [0.29, 0.717) is 6.54 Å². The second-order valence-corrected chi connectivity index (χ2v) is 4.33. The molecule has 15 heavy (non-hydrogen) atoms. The molecule has 0 saturated heterocycles. The van der Waals surface area contributed by atoms with Gasteiger partial charge >= 0.3 is 0 Å². The van der Waals surface area contributed by atoms with E-state index in [-0.39, 0.29) is 10.7 Å². The standard InChI is InChI=1S/C9H8ClN3OS/c1-6-5-15-7(12-6)4-13-3-2-11-8(10)9(13)14/h2-3,5H,4H2,1H3. The summed E-state index contributed by atoms with van der Waals surface area (Å²) in [4.78, 5) is 19.5. The van der Waals surface area contributed by atoms with E-state index in [4.69, 9.17) is 11.6 Å². The summed E-state index contributed by atoms with van der Waals surface area (Å²) >= 11 is 7.15. The molecule has 0 aromatic carbocycles. The van der Waals surface area contributed by atoms with Gasteiger partial charge < -0.3 is 4.57 Å². The number of hydrogen-bond acceptors (Lipinski definition) is 4. The normalized spacial score (nSPS) is 10.5. The van der Waals surface area contributed by atoms with Gasteiger partial charge in [-0.05, 0) is 6.92 Å². The van der Waals surface area contributed by atoms with E-state index in [2.05, 4.69) is 9.97 Å².